The van der Waals surface area contributed by atoms with Crippen LogP contribution in [0.15, 0.2) is 31.0 Å². The Morgan fingerprint density at radius 1 is 1.32 bits per heavy atom. The standard InChI is InChI=1S/C13H18N6/c1-18-7-4-11(5-8-18)17-12-3-2-6-15-13(12)19-10-14-9-16-19/h2-3,6,9-11,17H,4-5,7-8H2,1H3. The van der Waals surface area contributed by atoms with E-state index in [0.717, 1.165) is 37.4 Å². The number of nitrogens with one attached hydrogen (secondary N) is 1. The molecule has 0 spiro atoms. The molecule has 2 aromatic heterocycles. The molecule has 3 heterocycles. The van der Waals surface area contributed by atoms with Crippen LogP contribution in [0.5, 0.6) is 0 Å². The summed E-state index contributed by atoms with van der Waals surface area (Å²) in [6.07, 6.45) is 7.28. The maximum atomic E-state index is 4.39. The molecule has 0 aliphatic carbocycles. The van der Waals surface area contributed by atoms with E-state index in [4.69, 9.17) is 0 Å². The third kappa shape index (κ3) is 2.73. The SMILES string of the molecule is CN1CCC(Nc2cccnc2-n2cncn2)CC1. The number of likely N-dealkylation sites (tertiary alicyclic amines) is 1. The number of rotatable bonds is 3. The second kappa shape index (κ2) is 5.36. The monoisotopic (exact) mass is 258 g/mol. The summed E-state index contributed by atoms with van der Waals surface area (Å²) in [5, 5.41) is 7.73. The maximum absolute atomic E-state index is 4.39. The lowest BCUT2D eigenvalue weighted by Gasteiger charge is -2.30. The summed E-state index contributed by atoms with van der Waals surface area (Å²) in [5.41, 5.74) is 1.02. The van der Waals surface area contributed by atoms with Crippen LogP contribution >= 0.6 is 0 Å². The first-order valence-electron chi connectivity index (χ1n) is 6.58. The van der Waals surface area contributed by atoms with Crippen LogP contribution in [-0.2, 0) is 0 Å². The summed E-state index contributed by atoms with van der Waals surface area (Å²) in [4.78, 5) is 10.7. The smallest absolute Gasteiger partial charge is 0.178 e. The van der Waals surface area contributed by atoms with Gasteiger partial charge in [0.25, 0.3) is 0 Å². The first kappa shape index (κ1) is 12.1. The quantitative estimate of drug-likeness (QED) is 0.895. The van der Waals surface area contributed by atoms with Gasteiger partial charge in [-0.1, -0.05) is 0 Å². The first-order chi connectivity index (χ1) is 9.33. The van der Waals surface area contributed by atoms with Crippen molar-refractivity contribution >= 4 is 5.69 Å². The van der Waals surface area contributed by atoms with Crippen molar-refractivity contribution in [1.29, 1.82) is 0 Å². The lowest BCUT2D eigenvalue weighted by molar-refractivity contribution is 0.264. The highest BCUT2D eigenvalue weighted by atomic mass is 15.3. The van der Waals surface area contributed by atoms with Crippen LogP contribution in [0.25, 0.3) is 5.82 Å². The van der Waals surface area contributed by atoms with Crippen molar-refractivity contribution in [3.8, 4) is 5.82 Å². The first-order valence-corrected chi connectivity index (χ1v) is 6.58. The molecule has 3 rings (SSSR count). The molecule has 6 heteroatoms. The Hall–Kier alpha value is -1.95. The van der Waals surface area contributed by atoms with Crippen molar-refractivity contribution in [2.45, 2.75) is 18.9 Å². The minimum absolute atomic E-state index is 0.502. The van der Waals surface area contributed by atoms with Gasteiger partial charge in [-0.2, -0.15) is 5.10 Å². The van der Waals surface area contributed by atoms with E-state index in [-0.39, 0.29) is 0 Å². The number of anilines is 1. The number of piperidine rings is 1. The summed E-state index contributed by atoms with van der Waals surface area (Å²) in [5.74, 6) is 0.805. The lowest BCUT2D eigenvalue weighted by Crippen LogP contribution is -2.36. The summed E-state index contributed by atoms with van der Waals surface area (Å²) in [7, 11) is 2.17. The molecule has 1 fully saturated rings. The van der Waals surface area contributed by atoms with Gasteiger partial charge >= 0.3 is 0 Å². The Kier molecular flexibility index (Phi) is 3.41. The minimum Gasteiger partial charge on any atom is -0.379 e. The number of pyridine rings is 1. The molecule has 1 aliphatic heterocycles. The number of nitrogens with zero attached hydrogens (tertiary/aromatic N) is 5. The van der Waals surface area contributed by atoms with Gasteiger partial charge in [0.05, 0.1) is 5.69 Å². The van der Waals surface area contributed by atoms with Crippen LogP contribution in [-0.4, -0.2) is 50.8 Å². The van der Waals surface area contributed by atoms with E-state index in [1.54, 1.807) is 17.2 Å². The van der Waals surface area contributed by atoms with E-state index >= 15 is 0 Å². The molecule has 0 saturated carbocycles. The molecule has 2 aromatic rings. The molecule has 1 aliphatic rings. The van der Waals surface area contributed by atoms with Gasteiger partial charge in [-0.3, -0.25) is 0 Å². The zero-order valence-corrected chi connectivity index (χ0v) is 11.0. The Morgan fingerprint density at radius 3 is 2.89 bits per heavy atom. The van der Waals surface area contributed by atoms with Gasteiger partial charge in [-0.05, 0) is 45.1 Å². The average molecular weight is 258 g/mol. The van der Waals surface area contributed by atoms with E-state index in [9.17, 15) is 0 Å². The molecule has 19 heavy (non-hydrogen) atoms. The Labute approximate surface area is 112 Å². The Morgan fingerprint density at radius 2 is 2.16 bits per heavy atom. The molecule has 0 bridgehead atoms. The summed E-state index contributed by atoms with van der Waals surface area (Å²) in [6, 6.07) is 4.49. The van der Waals surface area contributed by atoms with Crippen molar-refractivity contribution in [3.05, 3.63) is 31.0 Å². The molecule has 6 nitrogen and oxygen atoms in total. The second-order valence-electron chi connectivity index (χ2n) is 4.94. The zero-order chi connectivity index (χ0) is 13.1. The van der Waals surface area contributed by atoms with E-state index in [1.807, 2.05) is 12.1 Å². The van der Waals surface area contributed by atoms with Crippen LogP contribution in [0.3, 0.4) is 0 Å². The summed E-state index contributed by atoms with van der Waals surface area (Å²) in [6.45, 7) is 2.27. The maximum Gasteiger partial charge on any atom is 0.178 e. The predicted octanol–water partition coefficient (Wildman–Crippen LogP) is 1.17. The topological polar surface area (TPSA) is 58.9 Å². The molecule has 100 valence electrons. The third-order valence-electron chi connectivity index (χ3n) is 3.50. The molecule has 0 aromatic carbocycles. The van der Waals surface area contributed by atoms with E-state index in [0.29, 0.717) is 6.04 Å². The number of hydrogen-bond donors (Lipinski definition) is 1. The van der Waals surface area contributed by atoms with E-state index < -0.39 is 0 Å². The van der Waals surface area contributed by atoms with Crippen molar-refractivity contribution in [2.24, 2.45) is 0 Å². The third-order valence-corrected chi connectivity index (χ3v) is 3.50. The van der Waals surface area contributed by atoms with Crippen LogP contribution in [0.2, 0.25) is 0 Å². The second-order valence-corrected chi connectivity index (χ2v) is 4.94. The average Bonchev–Trinajstić information content (AvgIpc) is 2.96. The lowest BCUT2D eigenvalue weighted by atomic mass is 10.1. The predicted molar refractivity (Wildman–Crippen MR) is 73.3 cm³/mol. The van der Waals surface area contributed by atoms with Crippen molar-refractivity contribution < 1.29 is 0 Å². The Bertz CT molecular complexity index is 516. The summed E-state index contributed by atoms with van der Waals surface area (Å²) < 4.78 is 1.69. The molecule has 0 unspecified atom stereocenters. The fraction of sp³-hybridized carbons (Fsp3) is 0.462. The van der Waals surface area contributed by atoms with Gasteiger partial charge < -0.3 is 10.2 Å². The number of hydrogen-bond acceptors (Lipinski definition) is 5. The zero-order valence-electron chi connectivity index (χ0n) is 11.0. The highest BCUT2D eigenvalue weighted by Crippen LogP contribution is 2.20. The molecule has 1 N–H and O–H groups in total. The molecular weight excluding hydrogens is 240 g/mol. The van der Waals surface area contributed by atoms with Crippen molar-refractivity contribution in [2.75, 3.05) is 25.5 Å². The van der Waals surface area contributed by atoms with E-state index in [1.165, 1.54) is 6.33 Å². The van der Waals surface area contributed by atoms with Crippen LogP contribution in [0, 0.1) is 0 Å². The molecule has 1 saturated heterocycles. The van der Waals surface area contributed by atoms with Crippen LogP contribution in [0.4, 0.5) is 5.69 Å². The van der Waals surface area contributed by atoms with E-state index in [2.05, 4.69) is 32.3 Å². The highest BCUT2D eigenvalue weighted by Gasteiger charge is 2.18. The minimum atomic E-state index is 0.502. The molecule has 0 atom stereocenters. The molecule has 0 amide bonds. The summed E-state index contributed by atoms with van der Waals surface area (Å²) >= 11 is 0. The van der Waals surface area contributed by atoms with Gasteiger partial charge in [0.1, 0.15) is 12.7 Å². The fourth-order valence-electron chi connectivity index (χ4n) is 2.38. The van der Waals surface area contributed by atoms with Gasteiger partial charge in [-0.25, -0.2) is 14.6 Å². The van der Waals surface area contributed by atoms with Gasteiger partial charge in [0.2, 0.25) is 0 Å². The largest absolute Gasteiger partial charge is 0.379 e. The molecular formula is C13H18N6. The Balaban J connectivity index is 1.78. The van der Waals surface area contributed by atoms with Gasteiger partial charge in [-0.15, -0.1) is 0 Å². The molecule has 0 radical (unpaired) electrons. The van der Waals surface area contributed by atoms with Crippen LogP contribution < -0.4 is 5.32 Å². The number of aromatic nitrogens is 4. The van der Waals surface area contributed by atoms with Crippen LogP contribution in [0.1, 0.15) is 12.8 Å². The van der Waals surface area contributed by atoms with Crippen molar-refractivity contribution in [1.82, 2.24) is 24.6 Å². The van der Waals surface area contributed by atoms with Gasteiger partial charge in [0, 0.05) is 12.2 Å². The van der Waals surface area contributed by atoms with Gasteiger partial charge in [0.15, 0.2) is 5.82 Å². The fourth-order valence-corrected chi connectivity index (χ4v) is 2.38. The highest BCUT2D eigenvalue weighted by molar-refractivity contribution is 5.56. The normalized spacial score (nSPS) is 17.5. The van der Waals surface area contributed by atoms with Crippen molar-refractivity contribution in [3.63, 3.8) is 0 Å².